The quantitative estimate of drug-likeness (QED) is 0.729. The highest BCUT2D eigenvalue weighted by Crippen LogP contribution is 2.19. The number of aryl methyl sites for hydroxylation is 1. The van der Waals surface area contributed by atoms with Crippen molar-refractivity contribution in [3.63, 3.8) is 0 Å². The van der Waals surface area contributed by atoms with Crippen LogP contribution in [0.2, 0.25) is 0 Å². The molecule has 7 nitrogen and oxygen atoms in total. The third-order valence-corrected chi connectivity index (χ3v) is 6.98. The molecule has 0 saturated carbocycles. The zero-order chi connectivity index (χ0) is 22.6. The molecule has 31 heavy (non-hydrogen) atoms. The minimum absolute atomic E-state index is 0.0700. The molecule has 0 radical (unpaired) electrons. The van der Waals surface area contributed by atoms with E-state index in [1.807, 2.05) is 6.92 Å². The van der Waals surface area contributed by atoms with E-state index in [1.54, 1.807) is 35.2 Å². The normalized spacial score (nSPS) is 16.5. The number of halogens is 2. The van der Waals surface area contributed by atoms with Crippen molar-refractivity contribution in [3.05, 3.63) is 65.2 Å². The summed E-state index contributed by atoms with van der Waals surface area (Å²) in [4.78, 5) is 14.3. The average Bonchev–Trinajstić information content (AvgIpc) is 2.73. The molecule has 3 rings (SSSR count). The van der Waals surface area contributed by atoms with Gasteiger partial charge in [-0.1, -0.05) is 23.8 Å². The standard InChI is InChI=1S/C21H22F2N4O3S/c1-15-2-5-17(6-3-15)31(29,30)27-10-8-26(9-11-27)14-21(28)25-20(13-24)18-7-4-16(22)12-19(18)23/h2-7,12,20H,8-11,14H2,1H3,(H,25,28). The van der Waals surface area contributed by atoms with Gasteiger partial charge in [0.15, 0.2) is 0 Å². The number of nitriles is 1. The van der Waals surface area contributed by atoms with Crippen LogP contribution in [0.25, 0.3) is 0 Å². The van der Waals surface area contributed by atoms with Gasteiger partial charge in [-0.2, -0.15) is 9.57 Å². The number of amides is 1. The van der Waals surface area contributed by atoms with Crippen molar-refractivity contribution in [1.82, 2.24) is 14.5 Å². The Morgan fingerprint density at radius 1 is 1.13 bits per heavy atom. The fraction of sp³-hybridized carbons (Fsp3) is 0.333. The zero-order valence-electron chi connectivity index (χ0n) is 16.9. The molecule has 1 fully saturated rings. The number of carbonyl (C=O) groups excluding carboxylic acids is 1. The first kappa shape index (κ1) is 22.8. The monoisotopic (exact) mass is 448 g/mol. The van der Waals surface area contributed by atoms with E-state index in [1.165, 1.54) is 4.31 Å². The lowest BCUT2D eigenvalue weighted by Crippen LogP contribution is -2.51. The van der Waals surface area contributed by atoms with Crippen molar-refractivity contribution < 1.29 is 22.0 Å². The van der Waals surface area contributed by atoms with Gasteiger partial charge >= 0.3 is 0 Å². The van der Waals surface area contributed by atoms with Crippen LogP contribution in [-0.4, -0.2) is 56.3 Å². The fourth-order valence-corrected chi connectivity index (χ4v) is 4.73. The van der Waals surface area contributed by atoms with Crippen LogP contribution in [0.1, 0.15) is 17.2 Å². The van der Waals surface area contributed by atoms with Gasteiger partial charge in [0.2, 0.25) is 15.9 Å². The maximum Gasteiger partial charge on any atom is 0.243 e. The fourth-order valence-electron chi connectivity index (χ4n) is 3.31. The summed E-state index contributed by atoms with van der Waals surface area (Å²) in [6.07, 6.45) is 0. The summed E-state index contributed by atoms with van der Waals surface area (Å²) in [5, 5.41) is 11.7. The molecule has 1 aliphatic heterocycles. The van der Waals surface area contributed by atoms with Crippen molar-refractivity contribution in [2.45, 2.75) is 17.9 Å². The number of piperazine rings is 1. The SMILES string of the molecule is Cc1ccc(S(=O)(=O)N2CCN(CC(=O)NC(C#N)c3ccc(F)cc3F)CC2)cc1. The molecule has 1 N–H and O–H groups in total. The highest BCUT2D eigenvalue weighted by atomic mass is 32.2. The number of nitrogens with zero attached hydrogens (tertiary/aromatic N) is 3. The molecule has 1 heterocycles. The van der Waals surface area contributed by atoms with E-state index in [9.17, 15) is 27.3 Å². The summed E-state index contributed by atoms with van der Waals surface area (Å²) in [6, 6.07) is 9.95. The van der Waals surface area contributed by atoms with Crippen LogP contribution in [0.4, 0.5) is 8.78 Å². The van der Waals surface area contributed by atoms with Crippen LogP contribution in [-0.2, 0) is 14.8 Å². The maximum atomic E-state index is 13.9. The van der Waals surface area contributed by atoms with Gasteiger partial charge in [-0.15, -0.1) is 0 Å². The van der Waals surface area contributed by atoms with Crippen LogP contribution in [0, 0.1) is 29.9 Å². The Morgan fingerprint density at radius 2 is 1.77 bits per heavy atom. The van der Waals surface area contributed by atoms with Gasteiger partial charge in [-0.05, 0) is 25.1 Å². The Balaban J connectivity index is 1.56. The zero-order valence-corrected chi connectivity index (χ0v) is 17.7. The van der Waals surface area contributed by atoms with Gasteiger partial charge in [-0.25, -0.2) is 17.2 Å². The number of hydrogen-bond acceptors (Lipinski definition) is 5. The van der Waals surface area contributed by atoms with E-state index in [2.05, 4.69) is 5.32 Å². The molecular weight excluding hydrogens is 426 g/mol. The first-order chi connectivity index (χ1) is 14.7. The van der Waals surface area contributed by atoms with Gasteiger partial charge in [-0.3, -0.25) is 9.69 Å². The first-order valence-corrected chi connectivity index (χ1v) is 11.1. The Morgan fingerprint density at radius 3 is 2.35 bits per heavy atom. The predicted octanol–water partition coefficient (Wildman–Crippen LogP) is 1.96. The molecule has 1 unspecified atom stereocenters. The van der Waals surface area contributed by atoms with Gasteiger partial charge in [0.25, 0.3) is 0 Å². The van der Waals surface area contributed by atoms with Crippen LogP contribution >= 0.6 is 0 Å². The van der Waals surface area contributed by atoms with E-state index in [0.717, 1.165) is 17.7 Å². The molecule has 1 atom stereocenters. The van der Waals surface area contributed by atoms with E-state index in [4.69, 9.17) is 0 Å². The van der Waals surface area contributed by atoms with E-state index >= 15 is 0 Å². The third kappa shape index (κ3) is 5.44. The van der Waals surface area contributed by atoms with Crippen molar-refractivity contribution in [2.24, 2.45) is 0 Å². The number of carbonyl (C=O) groups is 1. The second kappa shape index (κ2) is 9.51. The summed E-state index contributed by atoms with van der Waals surface area (Å²) >= 11 is 0. The molecular formula is C21H22F2N4O3S. The molecule has 1 saturated heterocycles. The summed E-state index contributed by atoms with van der Waals surface area (Å²) < 4.78 is 53.8. The molecule has 2 aromatic carbocycles. The van der Waals surface area contributed by atoms with Gasteiger partial charge in [0.1, 0.15) is 17.7 Å². The summed E-state index contributed by atoms with van der Waals surface area (Å²) in [5.41, 5.74) is 0.845. The Bertz CT molecular complexity index is 1090. The summed E-state index contributed by atoms with van der Waals surface area (Å²) in [7, 11) is -3.61. The highest BCUT2D eigenvalue weighted by Gasteiger charge is 2.29. The number of sulfonamides is 1. The minimum atomic E-state index is -3.61. The highest BCUT2D eigenvalue weighted by molar-refractivity contribution is 7.89. The smallest absolute Gasteiger partial charge is 0.243 e. The number of hydrogen-bond donors (Lipinski definition) is 1. The third-order valence-electron chi connectivity index (χ3n) is 5.07. The van der Waals surface area contributed by atoms with Crippen molar-refractivity contribution in [2.75, 3.05) is 32.7 Å². The molecule has 0 aromatic heterocycles. The minimum Gasteiger partial charge on any atom is -0.335 e. The first-order valence-electron chi connectivity index (χ1n) is 9.64. The van der Waals surface area contributed by atoms with Crippen LogP contribution in [0.3, 0.4) is 0 Å². The van der Waals surface area contributed by atoms with Crippen molar-refractivity contribution in [1.29, 1.82) is 5.26 Å². The Labute approximate surface area is 179 Å². The molecule has 10 heteroatoms. The van der Waals surface area contributed by atoms with Gasteiger partial charge < -0.3 is 5.32 Å². The van der Waals surface area contributed by atoms with Crippen LogP contribution < -0.4 is 5.32 Å². The number of rotatable bonds is 6. The molecule has 0 bridgehead atoms. The van der Waals surface area contributed by atoms with Crippen molar-refractivity contribution >= 4 is 15.9 Å². The molecule has 1 aliphatic rings. The van der Waals surface area contributed by atoms with E-state index in [0.29, 0.717) is 19.2 Å². The topological polar surface area (TPSA) is 93.5 Å². The Kier molecular flexibility index (Phi) is 7.00. The number of benzene rings is 2. The van der Waals surface area contributed by atoms with Crippen LogP contribution in [0.15, 0.2) is 47.4 Å². The molecule has 0 spiro atoms. The summed E-state index contributed by atoms with van der Waals surface area (Å²) in [5.74, 6) is -2.20. The molecule has 1 amide bonds. The second-order valence-electron chi connectivity index (χ2n) is 7.29. The second-order valence-corrected chi connectivity index (χ2v) is 9.23. The molecule has 164 valence electrons. The lowest BCUT2D eigenvalue weighted by Gasteiger charge is -2.33. The molecule has 0 aliphatic carbocycles. The predicted molar refractivity (Wildman–Crippen MR) is 109 cm³/mol. The van der Waals surface area contributed by atoms with E-state index < -0.39 is 33.6 Å². The summed E-state index contributed by atoms with van der Waals surface area (Å²) in [6.45, 7) is 2.91. The average molecular weight is 448 g/mol. The van der Waals surface area contributed by atoms with E-state index in [-0.39, 0.29) is 30.1 Å². The lowest BCUT2D eigenvalue weighted by molar-refractivity contribution is -0.122. The number of nitrogens with one attached hydrogen (secondary N) is 1. The largest absolute Gasteiger partial charge is 0.335 e. The lowest BCUT2D eigenvalue weighted by atomic mass is 10.1. The van der Waals surface area contributed by atoms with Gasteiger partial charge in [0.05, 0.1) is 17.5 Å². The van der Waals surface area contributed by atoms with Crippen LogP contribution in [0.5, 0.6) is 0 Å². The maximum absolute atomic E-state index is 13.9. The van der Waals surface area contributed by atoms with Crippen molar-refractivity contribution in [3.8, 4) is 6.07 Å². The van der Waals surface area contributed by atoms with Gasteiger partial charge in [0, 0.05) is 37.8 Å². The Hall–Kier alpha value is -2.87. The molecule has 2 aromatic rings.